The fraction of sp³-hybridized carbons (Fsp3) is 0.214. The number of aromatic nitrogens is 5. The van der Waals surface area contributed by atoms with Crippen LogP contribution in [0.1, 0.15) is 40.6 Å². The molecule has 0 N–H and O–H groups in total. The van der Waals surface area contributed by atoms with Crippen molar-refractivity contribution >= 4 is 27.1 Å². The molecule has 0 amide bonds. The molecular weight excluding hydrogens is 579 g/mol. The molecule has 1 aliphatic carbocycles. The second-order valence-corrected chi connectivity index (χ2v) is 12.5. The highest BCUT2D eigenvalue weighted by Crippen LogP contribution is 2.56. The van der Waals surface area contributed by atoms with Crippen LogP contribution in [0.5, 0.6) is 0 Å². The number of nitrogens with zero attached hydrogens (tertiary/aromatic N) is 5. The molecule has 0 aliphatic heterocycles. The molecule has 0 radical (unpaired) electrons. The highest BCUT2D eigenvalue weighted by molar-refractivity contribution is 7.90. The van der Waals surface area contributed by atoms with E-state index in [0.29, 0.717) is 28.9 Å². The van der Waals surface area contributed by atoms with Crippen molar-refractivity contribution in [2.75, 3.05) is 6.26 Å². The van der Waals surface area contributed by atoms with Crippen molar-refractivity contribution in [1.82, 2.24) is 24.1 Å². The van der Waals surface area contributed by atoms with Crippen LogP contribution in [0.2, 0.25) is 5.02 Å². The van der Waals surface area contributed by atoms with Crippen molar-refractivity contribution in [3.8, 4) is 16.9 Å². The molecule has 1 aliphatic rings. The molecule has 0 bridgehead atoms. The first-order valence-electron chi connectivity index (χ1n) is 12.4. The minimum absolute atomic E-state index is 0.126. The number of rotatable bonds is 5. The highest BCUT2D eigenvalue weighted by Gasteiger charge is 2.43. The van der Waals surface area contributed by atoms with Gasteiger partial charge in [0.05, 0.1) is 11.9 Å². The van der Waals surface area contributed by atoms with E-state index in [-0.39, 0.29) is 33.7 Å². The molecule has 1 fully saturated rings. The molecule has 6 rings (SSSR count). The van der Waals surface area contributed by atoms with Crippen LogP contribution in [0, 0.1) is 31.3 Å². The van der Waals surface area contributed by atoms with Crippen LogP contribution in [0.3, 0.4) is 0 Å². The maximum absolute atomic E-state index is 16.1. The lowest BCUT2D eigenvalue weighted by atomic mass is 10.0. The van der Waals surface area contributed by atoms with Gasteiger partial charge in [-0.15, -0.1) is 0 Å². The van der Waals surface area contributed by atoms with Crippen LogP contribution < -0.4 is 5.56 Å². The van der Waals surface area contributed by atoms with E-state index < -0.39 is 43.4 Å². The molecule has 210 valence electrons. The highest BCUT2D eigenvalue weighted by atomic mass is 35.5. The van der Waals surface area contributed by atoms with Gasteiger partial charge in [-0.2, -0.15) is 5.10 Å². The Bertz CT molecular complexity index is 2080. The quantitative estimate of drug-likeness (QED) is 0.272. The van der Waals surface area contributed by atoms with Gasteiger partial charge in [0.15, 0.2) is 27.1 Å². The summed E-state index contributed by atoms with van der Waals surface area (Å²) in [7, 11) is -3.94. The van der Waals surface area contributed by atoms with Crippen molar-refractivity contribution in [2.24, 2.45) is 0 Å². The number of sulfone groups is 1. The van der Waals surface area contributed by atoms with Crippen LogP contribution in [0.4, 0.5) is 13.2 Å². The second kappa shape index (κ2) is 9.52. The molecule has 1 unspecified atom stereocenters. The molecule has 13 heteroatoms. The first-order valence-corrected chi connectivity index (χ1v) is 14.7. The Balaban J connectivity index is 1.45. The summed E-state index contributed by atoms with van der Waals surface area (Å²) in [6.07, 6.45) is 5.28. The molecule has 41 heavy (non-hydrogen) atoms. The lowest BCUT2D eigenvalue weighted by Crippen LogP contribution is -2.24. The number of pyridine rings is 3. The van der Waals surface area contributed by atoms with Gasteiger partial charge in [-0.25, -0.2) is 31.1 Å². The molecule has 5 aromatic rings. The predicted molar refractivity (Wildman–Crippen MR) is 146 cm³/mol. The van der Waals surface area contributed by atoms with Crippen LogP contribution in [0.15, 0.2) is 58.7 Å². The second-order valence-electron chi connectivity index (χ2n) is 10.1. The van der Waals surface area contributed by atoms with Gasteiger partial charge in [-0.05, 0) is 67.5 Å². The summed E-state index contributed by atoms with van der Waals surface area (Å²) >= 11 is 6.59. The fourth-order valence-corrected chi connectivity index (χ4v) is 6.40. The Hall–Kier alpha value is -4.03. The third-order valence-electron chi connectivity index (χ3n) is 7.34. The summed E-state index contributed by atoms with van der Waals surface area (Å²) in [5.41, 5.74) is 0.632. The number of fused-ring (bicyclic) bond motifs is 1. The molecular formula is C28H21ClF3N5O3S. The minimum Gasteiger partial charge on any atom is -0.277 e. The van der Waals surface area contributed by atoms with Gasteiger partial charge >= 0.3 is 0 Å². The standard InChI is InChI=1S/C28H21ClF3N5O3S/c1-13-10-33-25(16-5-4-6-21(23(16)31)41(3,39)40)24(32)26(13)37-14(2)7-19(22(29)28(37)38)17-9-18(17)20-8-15(30)11-36-27(20)34-12-35-36/h4-8,10-12,17-18H,9H2,1-3H3/t17-,18?/m1/s1. The summed E-state index contributed by atoms with van der Waals surface area (Å²) in [5, 5.41) is 3.87. The van der Waals surface area contributed by atoms with E-state index in [4.69, 9.17) is 11.6 Å². The Morgan fingerprint density at radius 2 is 1.76 bits per heavy atom. The lowest BCUT2D eigenvalue weighted by molar-refractivity contribution is 0.569. The van der Waals surface area contributed by atoms with E-state index in [0.717, 1.165) is 16.9 Å². The predicted octanol–water partition coefficient (Wildman–Crippen LogP) is 5.30. The van der Waals surface area contributed by atoms with Crippen LogP contribution >= 0.6 is 11.6 Å². The average molecular weight is 600 g/mol. The van der Waals surface area contributed by atoms with E-state index in [2.05, 4.69) is 15.1 Å². The zero-order valence-corrected chi connectivity index (χ0v) is 23.4. The van der Waals surface area contributed by atoms with Crippen molar-refractivity contribution in [2.45, 2.75) is 37.0 Å². The lowest BCUT2D eigenvalue weighted by Gasteiger charge is -2.18. The van der Waals surface area contributed by atoms with E-state index in [1.165, 1.54) is 48.4 Å². The SMILES string of the molecule is Cc1cnc(-c2cccc(S(C)(=O)=O)c2F)c(F)c1-n1c(C)cc([C@@H]2CC2c2cc(F)cn3ncnc23)c(Cl)c1=O. The topological polar surface area (TPSA) is 99.2 Å². The first-order chi connectivity index (χ1) is 19.4. The van der Waals surface area contributed by atoms with E-state index in [9.17, 15) is 17.6 Å². The largest absolute Gasteiger partial charge is 0.277 e. The van der Waals surface area contributed by atoms with E-state index in [1.807, 2.05) is 0 Å². The van der Waals surface area contributed by atoms with Crippen LogP contribution in [0.25, 0.3) is 22.6 Å². The summed E-state index contributed by atoms with van der Waals surface area (Å²) in [5.74, 6) is -2.98. The maximum atomic E-state index is 16.1. The molecule has 1 aromatic carbocycles. The summed E-state index contributed by atoms with van der Waals surface area (Å²) in [6, 6.07) is 6.66. The number of benzene rings is 1. The zero-order chi connectivity index (χ0) is 29.4. The number of aryl methyl sites for hydroxylation is 2. The summed E-state index contributed by atoms with van der Waals surface area (Å²) < 4.78 is 72.0. The smallest absolute Gasteiger partial charge is 0.274 e. The Kier molecular flexibility index (Phi) is 6.31. The minimum atomic E-state index is -3.94. The third kappa shape index (κ3) is 4.41. The van der Waals surface area contributed by atoms with E-state index in [1.54, 1.807) is 13.0 Å². The van der Waals surface area contributed by atoms with Gasteiger partial charge in [0.25, 0.3) is 5.56 Å². The molecule has 4 aromatic heterocycles. The molecule has 1 saturated carbocycles. The van der Waals surface area contributed by atoms with Gasteiger partial charge in [-0.3, -0.25) is 14.3 Å². The molecule has 0 spiro atoms. The van der Waals surface area contributed by atoms with Crippen LogP contribution in [-0.2, 0) is 9.84 Å². The number of halogens is 4. The van der Waals surface area contributed by atoms with Gasteiger partial charge in [-0.1, -0.05) is 17.7 Å². The summed E-state index contributed by atoms with van der Waals surface area (Å²) in [6.45, 7) is 3.15. The summed E-state index contributed by atoms with van der Waals surface area (Å²) in [4.78, 5) is 21.3. The Morgan fingerprint density at radius 1 is 1.02 bits per heavy atom. The van der Waals surface area contributed by atoms with Crippen molar-refractivity contribution in [3.05, 3.63) is 104 Å². The number of hydrogen-bond acceptors (Lipinski definition) is 6. The van der Waals surface area contributed by atoms with Crippen LogP contribution in [-0.4, -0.2) is 38.8 Å². The van der Waals surface area contributed by atoms with E-state index >= 15 is 8.78 Å². The maximum Gasteiger partial charge on any atom is 0.274 e. The molecule has 4 heterocycles. The molecule has 2 atom stereocenters. The zero-order valence-electron chi connectivity index (χ0n) is 21.9. The average Bonchev–Trinajstić information content (AvgIpc) is 3.55. The number of hydrogen-bond donors (Lipinski definition) is 0. The van der Waals surface area contributed by atoms with Gasteiger partial charge < -0.3 is 0 Å². The van der Waals surface area contributed by atoms with Crippen molar-refractivity contribution < 1.29 is 21.6 Å². The van der Waals surface area contributed by atoms with Crippen molar-refractivity contribution in [3.63, 3.8) is 0 Å². The Labute approximate surface area is 237 Å². The Morgan fingerprint density at radius 3 is 2.49 bits per heavy atom. The normalized spacial score (nSPS) is 16.9. The third-order valence-corrected chi connectivity index (χ3v) is 8.83. The van der Waals surface area contributed by atoms with Gasteiger partial charge in [0.1, 0.15) is 27.8 Å². The van der Waals surface area contributed by atoms with Gasteiger partial charge in [0.2, 0.25) is 0 Å². The monoisotopic (exact) mass is 599 g/mol. The first kappa shape index (κ1) is 27.2. The molecule has 8 nitrogen and oxygen atoms in total. The molecule has 0 saturated heterocycles. The van der Waals surface area contributed by atoms with Crippen molar-refractivity contribution in [1.29, 1.82) is 0 Å². The van der Waals surface area contributed by atoms with Gasteiger partial charge in [0, 0.05) is 29.3 Å². The fourth-order valence-electron chi connectivity index (χ4n) is 5.36.